The molecule has 0 bridgehead atoms. The molecule has 1 aliphatic heterocycles. The van der Waals surface area contributed by atoms with Gasteiger partial charge in [-0.25, -0.2) is 0 Å². The minimum Gasteiger partial charge on any atom is -0.378 e. The van der Waals surface area contributed by atoms with Crippen LogP contribution in [-0.4, -0.2) is 18.0 Å². The molecule has 2 atom stereocenters. The van der Waals surface area contributed by atoms with Gasteiger partial charge in [0, 0.05) is 16.4 Å². The molecule has 1 fully saturated rings. The molecule has 1 saturated heterocycles. The number of hydrogen-bond acceptors (Lipinski definition) is 1. The number of alkyl halides is 1. The van der Waals surface area contributed by atoms with Gasteiger partial charge in [0.15, 0.2) is 0 Å². The highest BCUT2D eigenvalue weighted by molar-refractivity contribution is 9.10. The van der Waals surface area contributed by atoms with E-state index in [1.54, 1.807) is 0 Å². The maximum atomic E-state index is 5.72. The van der Waals surface area contributed by atoms with E-state index in [4.69, 9.17) is 4.74 Å². The van der Waals surface area contributed by atoms with Crippen LogP contribution in [0.3, 0.4) is 0 Å². The number of hydrogen-bond donors (Lipinski definition) is 0. The van der Waals surface area contributed by atoms with E-state index in [0.29, 0.717) is 12.0 Å². The van der Waals surface area contributed by atoms with Gasteiger partial charge in [-0.3, -0.25) is 0 Å². The fourth-order valence-corrected chi connectivity index (χ4v) is 3.32. The van der Waals surface area contributed by atoms with Crippen LogP contribution in [0.2, 0.25) is 0 Å². The predicted molar refractivity (Wildman–Crippen MR) is 78.7 cm³/mol. The van der Waals surface area contributed by atoms with E-state index in [1.807, 2.05) is 0 Å². The summed E-state index contributed by atoms with van der Waals surface area (Å²) >= 11 is 7.25. The van der Waals surface area contributed by atoms with Crippen LogP contribution in [-0.2, 0) is 11.2 Å². The molecule has 1 heterocycles. The largest absolute Gasteiger partial charge is 0.378 e. The first kappa shape index (κ1) is 13.6. The Morgan fingerprint density at radius 1 is 1.35 bits per heavy atom. The maximum Gasteiger partial charge on any atom is 0.0579 e. The van der Waals surface area contributed by atoms with E-state index >= 15 is 0 Å². The molecule has 0 saturated carbocycles. The van der Waals surface area contributed by atoms with Gasteiger partial charge in [-0.05, 0) is 43.2 Å². The van der Waals surface area contributed by atoms with Crippen LogP contribution in [0.1, 0.15) is 24.8 Å². The summed E-state index contributed by atoms with van der Waals surface area (Å²) in [6.07, 6.45) is 5.24. The number of rotatable bonds is 5. The second-order valence-corrected chi connectivity index (χ2v) is 6.19. The lowest BCUT2D eigenvalue weighted by Gasteiger charge is -2.18. The molecule has 17 heavy (non-hydrogen) atoms. The van der Waals surface area contributed by atoms with Crippen LogP contribution >= 0.6 is 31.9 Å². The van der Waals surface area contributed by atoms with Crippen molar-refractivity contribution in [2.24, 2.45) is 5.92 Å². The third-order valence-corrected chi connectivity index (χ3v) is 4.99. The van der Waals surface area contributed by atoms with Gasteiger partial charge in [0.05, 0.1) is 6.10 Å². The highest BCUT2D eigenvalue weighted by Crippen LogP contribution is 2.26. The van der Waals surface area contributed by atoms with Crippen molar-refractivity contribution in [1.29, 1.82) is 0 Å². The van der Waals surface area contributed by atoms with Gasteiger partial charge >= 0.3 is 0 Å². The summed E-state index contributed by atoms with van der Waals surface area (Å²) in [7, 11) is 0. The smallest absolute Gasteiger partial charge is 0.0579 e. The molecule has 2 unspecified atom stereocenters. The van der Waals surface area contributed by atoms with Crippen molar-refractivity contribution in [3.63, 3.8) is 0 Å². The third-order valence-electron chi connectivity index (χ3n) is 3.30. The molecule has 1 aliphatic rings. The van der Waals surface area contributed by atoms with Gasteiger partial charge in [0.25, 0.3) is 0 Å². The average Bonchev–Trinajstić information content (AvgIpc) is 2.84. The van der Waals surface area contributed by atoms with Crippen molar-refractivity contribution in [3.8, 4) is 0 Å². The van der Waals surface area contributed by atoms with E-state index in [1.165, 1.54) is 29.3 Å². The fraction of sp³-hybridized carbons (Fsp3) is 0.571. The summed E-state index contributed by atoms with van der Waals surface area (Å²) in [5.41, 5.74) is 1.40. The zero-order valence-corrected chi connectivity index (χ0v) is 13.0. The molecule has 0 amide bonds. The summed E-state index contributed by atoms with van der Waals surface area (Å²) in [4.78, 5) is 0. The minimum atomic E-state index is 0.486. The quantitative estimate of drug-likeness (QED) is 0.698. The Hall–Kier alpha value is 0.140. The van der Waals surface area contributed by atoms with E-state index in [0.717, 1.165) is 18.4 Å². The molecule has 3 heteroatoms. The molecule has 1 aromatic carbocycles. The van der Waals surface area contributed by atoms with Crippen LogP contribution in [0.5, 0.6) is 0 Å². The summed E-state index contributed by atoms with van der Waals surface area (Å²) in [5, 5.41) is 1.05. The lowest BCUT2D eigenvalue weighted by molar-refractivity contribution is 0.0925. The molecule has 0 N–H and O–H groups in total. The molecule has 1 aromatic rings. The number of benzene rings is 1. The van der Waals surface area contributed by atoms with Crippen molar-refractivity contribution in [2.45, 2.75) is 31.8 Å². The fourth-order valence-electron chi connectivity index (χ4n) is 2.38. The first-order chi connectivity index (χ1) is 8.29. The number of ether oxygens (including phenoxy) is 1. The van der Waals surface area contributed by atoms with E-state index < -0.39 is 0 Å². The van der Waals surface area contributed by atoms with Crippen LogP contribution in [0.25, 0.3) is 0 Å². The Kier molecular flexibility index (Phi) is 5.51. The van der Waals surface area contributed by atoms with Gasteiger partial charge in [0.1, 0.15) is 0 Å². The molecule has 0 aromatic heterocycles. The van der Waals surface area contributed by atoms with Gasteiger partial charge in [0.2, 0.25) is 0 Å². The summed E-state index contributed by atoms with van der Waals surface area (Å²) < 4.78 is 6.94. The first-order valence-electron chi connectivity index (χ1n) is 6.20. The Labute approximate surface area is 120 Å². The van der Waals surface area contributed by atoms with Crippen LogP contribution in [0, 0.1) is 5.92 Å². The second-order valence-electron chi connectivity index (χ2n) is 4.69. The normalized spacial score (nSPS) is 21.6. The zero-order chi connectivity index (χ0) is 12.1. The predicted octanol–water partition coefficient (Wildman–Crippen LogP) is 4.57. The average molecular weight is 362 g/mol. The molecule has 1 nitrogen and oxygen atoms in total. The molecular formula is C14H18Br2O. The Bertz CT molecular complexity index is 348. The summed E-state index contributed by atoms with van der Waals surface area (Å²) in [6.45, 7) is 0.953. The molecule has 2 rings (SSSR count). The van der Waals surface area contributed by atoms with E-state index in [-0.39, 0.29) is 0 Å². The van der Waals surface area contributed by atoms with Gasteiger partial charge in [-0.15, -0.1) is 0 Å². The van der Waals surface area contributed by atoms with E-state index in [2.05, 4.69) is 56.1 Å². The monoisotopic (exact) mass is 360 g/mol. The van der Waals surface area contributed by atoms with Gasteiger partial charge in [-0.1, -0.05) is 50.1 Å². The number of halogens is 2. The van der Waals surface area contributed by atoms with E-state index in [9.17, 15) is 0 Å². The van der Waals surface area contributed by atoms with Crippen molar-refractivity contribution < 1.29 is 4.74 Å². The Morgan fingerprint density at radius 3 is 2.82 bits per heavy atom. The minimum absolute atomic E-state index is 0.486. The molecule has 0 spiro atoms. The summed E-state index contributed by atoms with van der Waals surface area (Å²) in [5.74, 6) is 0.664. The van der Waals surface area contributed by atoms with Crippen molar-refractivity contribution in [3.05, 3.63) is 34.3 Å². The lowest BCUT2D eigenvalue weighted by atomic mass is 9.94. The van der Waals surface area contributed by atoms with Crippen molar-refractivity contribution in [2.75, 3.05) is 11.9 Å². The molecular weight excluding hydrogens is 344 g/mol. The highest BCUT2D eigenvalue weighted by Gasteiger charge is 2.20. The molecule has 0 radical (unpaired) electrons. The van der Waals surface area contributed by atoms with Crippen LogP contribution in [0.15, 0.2) is 28.7 Å². The maximum absolute atomic E-state index is 5.72. The van der Waals surface area contributed by atoms with Crippen LogP contribution in [0.4, 0.5) is 0 Å². The Balaban J connectivity index is 1.92. The standard InChI is InChI=1S/C14H18Br2O/c15-10-11(9-13-5-3-7-17-13)8-12-4-1-2-6-14(12)16/h1-2,4,6,11,13H,3,5,7-10H2. The second kappa shape index (κ2) is 6.91. The van der Waals surface area contributed by atoms with Crippen molar-refractivity contribution in [1.82, 2.24) is 0 Å². The van der Waals surface area contributed by atoms with Crippen molar-refractivity contribution >= 4 is 31.9 Å². The Morgan fingerprint density at radius 2 is 2.18 bits per heavy atom. The highest BCUT2D eigenvalue weighted by atomic mass is 79.9. The lowest BCUT2D eigenvalue weighted by Crippen LogP contribution is -2.16. The first-order valence-corrected chi connectivity index (χ1v) is 8.12. The van der Waals surface area contributed by atoms with Gasteiger partial charge < -0.3 is 4.74 Å². The van der Waals surface area contributed by atoms with Gasteiger partial charge in [-0.2, -0.15) is 0 Å². The third kappa shape index (κ3) is 4.08. The topological polar surface area (TPSA) is 9.23 Å². The zero-order valence-electron chi connectivity index (χ0n) is 9.87. The van der Waals surface area contributed by atoms with Crippen LogP contribution < -0.4 is 0 Å². The molecule has 0 aliphatic carbocycles. The SMILES string of the molecule is BrCC(Cc1ccccc1Br)CC1CCCO1. The molecule has 94 valence electrons. The summed E-state index contributed by atoms with van der Waals surface area (Å²) in [6, 6.07) is 8.50.